The highest BCUT2D eigenvalue weighted by Gasteiger charge is 2.34. The summed E-state index contributed by atoms with van der Waals surface area (Å²) in [4.78, 5) is 14.7. The van der Waals surface area contributed by atoms with E-state index in [1.165, 1.54) is 4.31 Å². The number of piperidine rings is 1. The van der Waals surface area contributed by atoms with Crippen LogP contribution in [-0.2, 0) is 14.8 Å². The van der Waals surface area contributed by atoms with Crippen LogP contribution in [0.2, 0.25) is 0 Å². The summed E-state index contributed by atoms with van der Waals surface area (Å²) in [5.41, 5.74) is 1.79. The van der Waals surface area contributed by atoms with Crippen molar-refractivity contribution in [3.63, 3.8) is 0 Å². The van der Waals surface area contributed by atoms with Crippen LogP contribution in [0.15, 0.2) is 48.4 Å². The van der Waals surface area contributed by atoms with E-state index in [4.69, 9.17) is 0 Å². The van der Waals surface area contributed by atoms with E-state index in [-0.39, 0.29) is 11.8 Å². The zero-order valence-corrected chi connectivity index (χ0v) is 16.5. The standard InChI is InChI=1S/C20H28N2O3S/c1-5-11-21(12-6-2)20(23)18-9-13-22(14-10-18)26(24,25)19-8-7-16(3)15-17(19)4/h5-8,15,18H,1-2,9-14H2,3-4H3. The summed E-state index contributed by atoms with van der Waals surface area (Å²) in [6, 6.07) is 5.37. The van der Waals surface area contributed by atoms with E-state index in [9.17, 15) is 13.2 Å². The first-order valence-corrected chi connectivity index (χ1v) is 10.3. The highest BCUT2D eigenvalue weighted by molar-refractivity contribution is 7.89. The Hall–Kier alpha value is -1.92. The Morgan fingerprint density at radius 3 is 2.27 bits per heavy atom. The summed E-state index contributed by atoms with van der Waals surface area (Å²) in [6.45, 7) is 12.8. The Labute approximate surface area is 157 Å². The van der Waals surface area contributed by atoms with Crippen LogP contribution in [0.5, 0.6) is 0 Å². The molecule has 1 fully saturated rings. The summed E-state index contributed by atoms with van der Waals surface area (Å²) >= 11 is 0. The van der Waals surface area contributed by atoms with Crippen molar-refractivity contribution in [1.82, 2.24) is 9.21 Å². The number of hydrogen-bond acceptors (Lipinski definition) is 3. The van der Waals surface area contributed by atoms with Crippen LogP contribution in [0, 0.1) is 19.8 Å². The number of sulfonamides is 1. The van der Waals surface area contributed by atoms with Crippen molar-refractivity contribution in [1.29, 1.82) is 0 Å². The van der Waals surface area contributed by atoms with Gasteiger partial charge in [-0.05, 0) is 38.3 Å². The fourth-order valence-electron chi connectivity index (χ4n) is 3.40. The van der Waals surface area contributed by atoms with Gasteiger partial charge in [-0.15, -0.1) is 13.2 Å². The van der Waals surface area contributed by atoms with E-state index < -0.39 is 10.0 Å². The maximum atomic E-state index is 12.9. The van der Waals surface area contributed by atoms with Gasteiger partial charge in [-0.2, -0.15) is 4.31 Å². The van der Waals surface area contributed by atoms with Crippen molar-refractivity contribution in [3.8, 4) is 0 Å². The highest BCUT2D eigenvalue weighted by atomic mass is 32.2. The normalized spacial score (nSPS) is 16.2. The van der Waals surface area contributed by atoms with Gasteiger partial charge < -0.3 is 4.90 Å². The zero-order valence-electron chi connectivity index (χ0n) is 15.6. The van der Waals surface area contributed by atoms with Crippen LogP contribution in [0.4, 0.5) is 0 Å². The molecule has 0 aromatic heterocycles. The topological polar surface area (TPSA) is 57.7 Å². The lowest BCUT2D eigenvalue weighted by molar-refractivity contribution is -0.135. The summed E-state index contributed by atoms with van der Waals surface area (Å²) in [5.74, 6) is -0.103. The van der Waals surface area contributed by atoms with Crippen LogP contribution in [0.3, 0.4) is 0 Å². The third-order valence-electron chi connectivity index (χ3n) is 4.76. The summed E-state index contributed by atoms with van der Waals surface area (Å²) in [6.07, 6.45) is 4.46. The summed E-state index contributed by atoms with van der Waals surface area (Å²) in [5, 5.41) is 0. The van der Waals surface area contributed by atoms with E-state index in [1.54, 1.807) is 23.1 Å². The van der Waals surface area contributed by atoms with Crippen LogP contribution >= 0.6 is 0 Å². The van der Waals surface area contributed by atoms with E-state index in [1.807, 2.05) is 26.0 Å². The molecule has 1 aromatic rings. The lowest BCUT2D eigenvalue weighted by Gasteiger charge is -2.33. The van der Waals surface area contributed by atoms with Gasteiger partial charge in [0, 0.05) is 32.1 Å². The molecule has 0 spiro atoms. The third-order valence-corrected chi connectivity index (χ3v) is 6.82. The van der Waals surface area contributed by atoms with Crippen molar-refractivity contribution >= 4 is 15.9 Å². The number of aryl methyl sites for hydroxylation is 2. The second-order valence-electron chi connectivity index (χ2n) is 6.77. The van der Waals surface area contributed by atoms with Gasteiger partial charge in [0.25, 0.3) is 0 Å². The minimum Gasteiger partial charge on any atom is -0.335 e. The number of benzene rings is 1. The molecule has 0 N–H and O–H groups in total. The number of amides is 1. The second kappa shape index (κ2) is 8.64. The van der Waals surface area contributed by atoms with Gasteiger partial charge in [-0.3, -0.25) is 4.79 Å². The van der Waals surface area contributed by atoms with Crippen LogP contribution in [0.1, 0.15) is 24.0 Å². The first kappa shape index (κ1) is 20.4. The molecule has 1 saturated heterocycles. The average Bonchev–Trinajstić information content (AvgIpc) is 2.60. The van der Waals surface area contributed by atoms with Crippen molar-refractivity contribution in [2.75, 3.05) is 26.2 Å². The number of carbonyl (C=O) groups is 1. The molecule has 1 heterocycles. The van der Waals surface area contributed by atoms with Crippen molar-refractivity contribution in [2.45, 2.75) is 31.6 Å². The quantitative estimate of drug-likeness (QED) is 0.688. The van der Waals surface area contributed by atoms with Crippen LogP contribution < -0.4 is 0 Å². The number of hydrogen-bond donors (Lipinski definition) is 0. The lowest BCUT2D eigenvalue weighted by Crippen LogP contribution is -2.44. The molecule has 1 amide bonds. The molecule has 5 nitrogen and oxygen atoms in total. The molecule has 0 radical (unpaired) electrons. The fraction of sp³-hybridized carbons (Fsp3) is 0.450. The van der Waals surface area contributed by atoms with E-state index in [0.29, 0.717) is 43.9 Å². The first-order valence-electron chi connectivity index (χ1n) is 8.89. The lowest BCUT2D eigenvalue weighted by atomic mass is 9.96. The van der Waals surface area contributed by atoms with Crippen molar-refractivity contribution in [2.24, 2.45) is 5.92 Å². The van der Waals surface area contributed by atoms with Crippen molar-refractivity contribution < 1.29 is 13.2 Å². The van der Waals surface area contributed by atoms with E-state index in [2.05, 4.69) is 13.2 Å². The van der Waals surface area contributed by atoms with Gasteiger partial charge in [0.15, 0.2) is 0 Å². The third kappa shape index (κ3) is 4.43. The predicted molar refractivity (Wildman–Crippen MR) is 104 cm³/mol. The Kier molecular flexibility index (Phi) is 6.78. The maximum Gasteiger partial charge on any atom is 0.243 e. The highest BCUT2D eigenvalue weighted by Crippen LogP contribution is 2.27. The smallest absolute Gasteiger partial charge is 0.243 e. The molecule has 0 bridgehead atoms. The molecule has 142 valence electrons. The number of nitrogens with zero attached hydrogens (tertiary/aromatic N) is 2. The molecule has 1 aliphatic heterocycles. The molecule has 0 unspecified atom stereocenters. The van der Waals surface area contributed by atoms with Crippen LogP contribution in [-0.4, -0.2) is 49.7 Å². The summed E-state index contributed by atoms with van der Waals surface area (Å²) in [7, 11) is -3.52. The molecule has 26 heavy (non-hydrogen) atoms. The molecule has 0 atom stereocenters. The largest absolute Gasteiger partial charge is 0.335 e. The van der Waals surface area contributed by atoms with Gasteiger partial charge in [0.05, 0.1) is 4.90 Å². The zero-order chi connectivity index (χ0) is 19.3. The monoisotopic (exact) mass is 376 g/mol. The minimum absolute atomic E-state index is 0.0494. The Balaban J connectivity index is 2.08. The van der Waals surface area contributed by atoms with Crippen molar-refractivity contribution in [3.05, 3.63) is 54.6 Å². The van der Waals surface area contributed by atoms with E-state index >= 15 is 0 Å². The van der Waals surface area contributed by atoms with Gasteiger partial charge >= 0.3 is 0 Å². The molecule has 1 aromatic carbocycles. The molecule has 1 aliphatic rings. The molecule has 2 rings (SSSR count). The first-order chi connectivity index (χ1) is 12.3. The van der Waals surface area contributed by atoms with Gasteiger partial charge in [0.1, 0.15) is 0 Å². The number of carbonyl (C=O) groups excluding carboxylic acids is 1. The molecule has 6 heteroatoms. The molecular formula is C20H28N2O3S. The molecule has 0 aliphatic carbocycles. The average molecular weight is 377 g/mol. The Bertz CT molecular complexity index is 768. The molecular weight excluding hydrogens is 348 g/mol. The van der Waals surface area contributed by atoms with Gasteiger partial charge in [0.2, 0.25) is 15.9 Å². The van der Waals surface area contributed by atoms with Gasteiger partial charge in [-0.25, -0.2) is 8.42 Å². The van der Waals surface area contributed by atoms with Crippen LogP contribution in [0.25, 0.3) is 0 Å². The SMILES string of the molecule is C=CCN(CC=C)C(=O)C1CCN(S(=O)(=O)c2ccc(C)cc2C)CC1. The minimum atomic E-state index is -3.52. The maximum absolute atomic E-state index is 12.9. The predicted octanol–water partition coefficient (Wildman–Crippen LogP) is 2.90. The second-order valence-corrected chi connectivity index (χ2v) is 8.67. The summed E-state index contributed by atoms with van der Waals surface area (Å²) < 4.78 is 27.4. The fourth-order valence-corrected chi connectivity index (χ4v) is 5.07. The Morgan fingerprint density at radius 1 is 1.19 bits per heavy atom. The Morgan fingerprint density at radius 2 is 1.77 bits per heavy atom. The van der Waals surface area contributed by atoms with E-state index in [0.717, 1.165) is 11.1 Å². The number of rotatable bonds is 7. The van der Waals surface area contributed by atoms with Gasteiger partial charge in [-0.1, -0.05) is 29.8 Å². The molecule has 0 saturated carbocycles.